The second-order valence-corrected chi connectivity index (χ2v) is 4.12. The lowest BCUT2D eigenvalue weighted by Crippen LogP contribution is -2.30. The van der Waals surface area contributed by atoms with E-state index < -0.39 is 6.10 Å². The highest BCUT2D eigenvalue weighted by Crippen LogP contribution is 2.38. The van der Waals surface area contributed by atoms with Crippen LogP contribution in [0, 0.1) is 0 Å². The zero-order valence-corrected chi connectivity index (χ0v) is 8.56. The van der Waals surface area contributed by atoms with E-state index in [1.54, 1.807) is 0 Å². The van der Waals surface area contributed by atoms with E-state index in [9.17, 15) is 5.11 Å². The summed E-state index contributed by atoms with van der Waals surface area (Å²) in [6.45, 7) is 1.81. The highest BCUT2D eigenvalue weighted by atomic mass is 16.7. The molecule has 80 valence electrons. The summed E-state index contributed by atoms with van der Waals surface area (Å²) in [5.74, 6) is 1.54. The largest absolute Gasteiger partial charge is 0.454 e. The van der Waals surface area contributed by atoms with Crippen molar-refractivity contribution >= 4 is 0 Å². The highest BCUT2D eigenvalue weighted by Gasteiger charge is 2.25. The molecule has 4 nitrogen and oxygen atoms in total. The molecular formula is C11H13NO3. The van der Waals surface area contributed by atoms with Gasteiger partial charge in [-0.25, -0.2) is 0 Å². The molecule has 0 fully saturated rings. The average molecular weight is 207 g/mol. The van der Waals surface area contributed by atoms with Gasteiger partial charge in [0.1, 0.15) is 0 Å². The van der Waals surface area contributed by atoms with Crippen LogP contribution in [0.2, 0.25) is 0 Å². The van der Waals surface area contributed by atoms with Crippen LogP contribution in [0.25, 0.3) is 0 Å². The maximum Gasteiger partial charge on any atom is 0.231 e. The highest BCUT2D eigenvalue weighted by molar-refractivity contribution is 5.50. The molecule has 0 saturated carbocycles. The molecule has 0 amide bonds. The summed E-state index contributed by atoms with van der Waals surface area (Å²) in [6.07, 6.45) is -0.423. The molecule has 0 saturated heterocycles. The van der Waals surface area contributed by atoms with Gasteiger partial charge in [0.05, 0.1) is 6.10 Å². The van der Waals surface area contributed by atoms with E-state index in [2.05, 4.69) is 4.90 Å². The molecule has 0 spiro atoms. The molecule has 2 aliphatic rings. The molecule has 0 radical (unpaired) electrons. The third kappa shape index (κ3) is 1.37. The van der Waals surface area contributed by atoms with E-state index in [1.807, 2.05) is 19.2 Å². The van der Waals surface area contributed by atoms with E-state index >= 15 is 0 Å². The average Bonchev–Trinajstić information content (AvgIpc) is 2.61. The Balaban J connectivity index is 2.09. The molecular weight excluding hydrogens is 194 g/mol. The van der Waals surface area contributed by atoms with Crippen molar-refractivity contribution in [2.75, 3.05) is 20.4 Å². The zero-order valence-electron chi connectivity index (χ0n) is 8.56. The standard InChI is InChI=1S/C11H13NO3/c1-12-4-7-2-10-11(15-6-14-10)3-8(7)9(13)5-12/h2-3,9,13H,4-6H2,1H3/t9-/m0/s1. The van der Waals surface area contributed by atoms with Gasteiger partial charge in [-0.05, 0) is 30.3 Å². The quantitative estimate of drug-likeness (QED) is 0.686. The normalized spacial score (nSPS) is 24.0. The van der Waals surface area contributed by atoms with Gasteiger partial charge in [-0.15, -0.1) is 0 Å². The zero-order chi connectivity index (χ0) is 10.4. The molecule has 15 heavy (non-hydrogen) atoms. The number of benzene rings is 1. The first-order valence-electron chi connectivity index (χ1n) is 5.03. The monoisotopic (exact) mass is 207 g/mol. The van der Waals surface area contributed by atoms with Crippen molar-refractivity contribution < 1.29 is 14.6 Å². The smallest absolute Gasteiger partial charge is 0.231 e. The first-order valence-corrected chi connectivity index (χ1v) is 5.03. The maximum atomic E-state index is 9.92. The van der Waals surface area contributed by atoms with Crippen LogP contribution in [0.15, 0.2) is 12.1 Å². The van der Waals surface area contributed by atoms with Crippen LogP contribution in [0.3, 0.4) is 0 Å². The molecule has 0 aromatic heterocycles. The fraction of sp³-hybridized carbons (Fsp3) is 0.455. The molecule has 2 heterocycles. The molecule has 2 aliphatic heterocycles. The van der Waals surface area contributed by atoms with E-state index in [0.717, 1.165) is 29.2 Å². The number of hydrogen-bond acceptors (Lipinski definition) is 4. The summed E-state index contributed by atoms with van der Waals surface area (Å²) in [5.41, 5.74) is 2.10. The van der Waals surface area contributed by atoms with Crippen LogP contribution in [0.5, 0.6) is 11.5 Å². The van der Waals surface area contributed by atoms with Gasteiger partial charge in [-0.2, -0.15) is 0 Å². The Bertz CT molecular complexity index is 405. The molecule has 1 N–H and O–H groups in total. The van der Waals surface area contributed by atoms with Crippen molar-refractivity contribution in [3.8, 4) is 11.5 Å². The van der Waals surface area contributed by atoms with Crippen molar-refractivity contribution in [3.63, 3.8) is 0 Å². The van der Waals surface area contributed by atoms with Crippen LogP contribution in [0.1, 0.15) is 17.2 Å². The van der Waals surface area contributed by atoms with Gasteiger partial charge in [0.2, 0.25) is 6.79 Å². The van der Waals surface area contributed by atoms with Crippen molar-refractivity contribution in [2.45, 2.75) is 12.6 Å². The molecule has 4 heteroatoms. The van der Waals surface area contributed by atoms with Gasteiger partial charge in [-0.3, -0.25) is 4.90 Å². The van der Waals surface area contributed by atoms with Crippen LogP contribution in [-0.4, -0.2) is 30.4 Å². The van der Waals surface area contributed by atoms with Gasteiger partial charge in [-0.1, -0.05) is 0 Å². The van der Waals surface area contributed by atoms with Crippen molar-refractivity contribution in [2.24, 2.45) is 0 Å². The topological polar surface area (TPSA) is 41.9 Å². The van der Waals surface area contributed by atoms with Crippen LogP contribution in [-0.2, 0) is 6.54 Å². The number of aliphatic hydroxyl groups excluding tert-OH is 1. The SMILES string of the molecule is CN1Cc2cc3c(cc2[C@@H](O)C1)OCO3. The van der Waals surface area contributed by atoms with E-state index in [4.69, 9.17) is 9.47 Å². The lowest BCUT2D eigenvalue weighted by molar-refractivity contribution is 0.107. The number of fused-ring (bicyclic) bond motifs is 2. The summed E-state index contributed by atoms with van der Waals surface area (Å²) in [7, 11) is 2.00. The summed E-state index contributed by atoms with van der Waals surface area (Å²) >= 11 is 0. The molecule has 1 aromatic rings. The Kier molecular flexibility index (Phi) is 1.87. The van der Waals surface area contributed by atoms with Gasteiger partial charge in [0.25, 0.3) is 0 Å². The van der Waals surface area contributed by atoms with Gasteiger partial charge >= 0.3 is 0 Å². The van der Waals surface area contributed by atoms with Crippen molar-refractivity contribution in [1.29, 1.82) is 0 Å². The summed E-state index contributed by atoms with van der Waals surface area (Å²) in [6, 6.07) is 3.87. The fourth-order valence-electron chi connectivity index (χ4n) is 2.20. The second kappa shape index (κ2) is 3.12. The Morgan fingerprint density at radius 1 is 1.33 bits per heavy atom. The molecule has 0 aliphatic carbocycles. The summed E-state index contributed by atoms with van der Waals surface area (Å²) in [5, 5.41) is 9.92. The number of aliphatic hydroxyl groups is 1. The van der Waals surface area contributed by atoms with Crippen molar-refractivity contribution in [3.05, 3.63) is 23.3 Å². The molecule has 3 rings (SSSR count). The van der Waals surface area contributed by atoms with Gasteiger partial charge in [0, 0.05) is 13.1 Å². The molecule has 0 bridgehead atoms. The number of β-amino-alcohol motifs (C(OH)–C–C–N with tert-alkyl or cyclic N) is 1. The van der Waals surface area contributed by atoms with Crippen LogP contribution < -0.4 is 9.47 Å². The number of likely N-dealkylation sites (N-methyl/N-ethyl adjacent to an activating group) is 1. The van der Waals surface area contributed by atoms with E-state index in [1.165, 1.54) is 0 Å². The third-order valence-corrected chi connectivity index (χ3v) is 2.92. The van der Waals surface area contributed by atoms with E-state index in [-0.39, 0.29) is 6.79 Å². The first-order chi connectivity index (χ1) is 7.24. The van der Waals surface area contributed by atoms with Gasteiger partial charge < -0.3 is 14.6 Å². The summed E-state index contributed by atoms with van der Waals surface area (Å²) < 4.78 is 10.6. The molecule has 1 aromatic carbocycles. The Morgan fingerprint density at radius 2 is 2.07 bits per heavy atom. The number of hydrogen-bond donors (Lipinski definition) is 1. The minimum atomic E-state index is -0.423. The Morgan fingerprint density at radius 3 is 2.87 bits per heavy atom. The number of ether oxygens (including phenoxy) is 2. The number of rotatable bonds is 0. The minimum Gasteiger partial charge on any atom is -0.454 e. The van der Waals surface area contributed by atoms with E-state index in [0.29, 0.717) is 6.54 Å². The predicted octanol–water partition coefficient (Wildman–Crippen LogP) is 0.894. The Hall–Kier alpha value is -1.26. The minimum absolute atomic E-state index is 0.282. The fourth-order valence-corrected chi connectivity index (χ4v) is 2.20. The lowest BCUT2D eigenvalue weighted by atomic mass is 9.97. The lowest BCUT2D eigenvalue weighted by Gasteiger charge is -2.29. The second-order valence-electron chi connectivity index (χ2n) is 4.12. The van der Waals surface area contributed by atoms with Gasteiger partial charge in [0.15, 0.2) is 11.5 Å². The van der Waals surface area contributed by atoms with Crippen LogP contribution in [0.4, 0.5) is 0 Å². The predicted molar refractivity (Wildman–Crippen MR) is 53.9 cm³/mol. The Labute approximate surface area is 88.0 Å². The molecule has 1 atom stereocenters. The van der Waals surface area contributed by atoms with Crippen LogP contribution >= 0.6 is 0 Å². The first kappa shape index (κ1) is 9.00. The number of nitrogens with zero attached hydrogens (tertiary/aromatic N) is 1. The maximum absolute atomic E-state index is 9.92. The van der Waals surface area contributed by atoms with Crippen molar-refractivity contribution in [1.82, 2.24) is 4.90 Å². The summed E-state index contributed by atoms with van der Waals surface area (Å²) in [4.78, 5) is 2.09. The third-order valence-electron chi connectivity index (χ3n) is 2.92. The molecule has 0 unspecified atom stereocenters.